The first-order chi connectivity index (χ1) is 8.56. The van der Waals surface area contributed by atoms with Crippen LogP contribution in [0.3, 0.4) is 0 Å². The van der Waals surface area contributed by atoms with Gasteiger partial charge in [0.15, 0.2) is 0 Å². The van der Waals surface area contributed by atoms with Crippen LogP contribution in [-0.4, -0.2) is 35.1 Å². The third-order valence-electron chi connectivity index (χ3n) is 3.59. The molecule has 1 amide bonds. The highest BCUT2D eigenvalue weighted by molar-refractivity contribution is 5.92. The van der Waals surface area contributed by atoms with Crippen molar-refractivity contribution in [1.29, 1.82) is 0 Å². The SMILES string of the molecule is CC1CN(Cc2ccc(C(N)=O)cc2)CCC1O. The lowest BCUT2D eigenvalue weighted by molar-refractivity contribution is 0.0320. The van der Waals surface area contributed by atoms with Crippen molar-refractivity contribution in [2.24, 2.45) is 11.7 Å². The van der Waals surface area contributed by atoms with Crippen molar-refractivity contribution in [3.63, 3.8) is 0 Å². The van der Waals surface area contributed by atoms with E-state index in [1.807, 2.05) is 12.1 Å². The van der Waals surface area contributed by atoms with Gasteiger partial charge < -0.3 is 10.8 Å². The van der Waals surface area contributed by atoms with Crippen molar-refractivity contribution in [3.8, 4) is 0 Å². The van der Waals surface area contributed by atoms with E-state index in [1.165, 1.54) is 5.56 Å². The van der Waals surface area contributed by atoms with Crippen LogP contribution < -0.4 is 5.73 Å². The van der Waals surface area contributed by atoms with Crippen molar-refractivity contribution >= 4 is 5.91 Å². The number of benzene rings is 1. The Morgan fingerprint density at radius 1 is 1.44 bits per heavy atom. The van der Waals surface area contributed by atoms with Gasteiger partial charge in [-0.05, 0) is 30.0 Å². The number of hydrogen-bond donors (Lipinski definition) is 2. The second kappa shape index (κ2) is 5.50. The molecule has 0 aromatic heterocycles. The van der Waals surface area contributed by atoms with Gasteiger partial charge in [0, 0.05) is 25.2 Å². The van der Waals surface area contributed by atoms with Gasteiger partial charge in [0.05, 0.1) is 6.10 Å². The Labute approximate surface area is 107 Å². The molecule has 2 atom stereocenters. The Morgan fingerprint density at radius 3 is 2.67 bits per heavy atom. The van der Waals surface area contributed by atoms with Gasteiger partial charge in [0.25, 0.3) is 0 Å². The van der Waals surface area contributed by atoms with Crippen LogP contribution >= 0.6 is 0 Å². The summed E-state index contributed by atoms with van der Waals surface area (Å²) in [6.07, 6.45) is 0.666. The molecule has 1 aromatic rings. The number of rotatable bonds is 3. The number of aliphatic hydroxyl groups is 1. The Morgan fingerprint density at radius 2 is 2.11 bits per heavy atom. The standard InChI is InChI=1S/C14H20N2O2/c1-10-8-16(7-6-13(10)17)9-11-2-4-12(5-3-11)14(15)18/h2-5,10,13,17H,6-9H2,1H3,(H2,15,18). The summed E-state index contributed by atoms with van der Waals surface area (Å²) in [5.74, 6) is -0.0695. The monoisotopic (exact) mass is 248 g/mol. The van der Waals surface area contributed by atoms with Gasteiger partial charge in [0.1, 0.15) is 0 Å². The van der Waals surface area contributed by atoms with E-state index in [9.17, 15) is 9.90 Å². The van der Waals surface area contributed by atoms with Gasteiger partial charge in [-0.2, -0.15) is 0 Å². The fourth-order valence-corrected chi connectivity index (χ4v) is 2.40. The Bertz CT molecular complexity index is 416. The van der Waals surface area contributed by atoms with E-state index in [4.69, 9.17) is 5.73 Å². The molecule has 0 spiro atoms. The zero-order valence-corrected chi connectivity index (χ0v) is 10.7. The molecule has 1 aliphatic rings. The van der Waals surface area contributed by atoms with Crippen molar-refractivity contribution in [1.82, 2.24) is 4.90 Å². The van der Waals surface area contributed by atoms with Gasteiger partial charge in [-0.15, -0.1) is 0 Å². The van der Waals surface area contributed by atoms with Gasteiger partial charge in [-0.25, -0.2) is 0 Å². The average molecular weight is 248 g/mol. The molecule has 0 saturated carbocycles. The van der Waals surface area contributed by atoms with E-state index in [0.29, 0.717) is 11.5 Å². The number of nitrogens with zero attached hydrogens (tertiary/aromatic N) is 1. The lowest BCUT2D eigenvalue weighted by Gasteiger charge is -2.34. The molecule has 98 valence electrons. The molecule has 1 aliphatic heterocycles. The smallest absolute Gasteiger partial charge is 0.248 e. The maximum absolute atomic E-state index is 11.0. The quantitative estimate of drug-likeness (QED) is 0.838. The van der Waals surface area contributed by atoms with Crippen LogP contribution in [0.25, 0.3) is 0 Å². The van der Waals surface area contributed by atoms with Crippen molar-refractivity contribution in [2.45, 2.75) is 26.0 Å². The maximum atomic E-state index is 11.0. The number of carbonyl (C=O) groups excluding carboxylic acids is 1. The second-order valence-electron chi connectivity index (χ2n) is 5.13. The largest absolute Gasteiger partial charge is 0.393 e. The first-order valence-corrected chi connectivity index (χ1v) is 6.35. The third-order valence-corrected chi connectivity index (χ3v) is 3.59. The molecule has 2 unspecified atom stereocenters. The molecular formula is C14H20N2O2. The summed E-state index contributed by atoms with van der Waals surface area (Å²) < 4.78 is 0. The Hall–Kier alpha value is -1.39. The number of hydrogen-bond acceptors (Lipinski definition) is 3. The van der Waals surface area contributed by atoms with Crippen LogP contribution in [0.15, 0.2) is 24.3 Å². The summed E-state index contributed by atoms with van der Waals surface area (Å²) in [6, 6.07) is 7.41. The maximum Gasteiger partial charge on any atom is 0.248 e. The first-order valence-electron chi connectivity index (χ1n) is 6.35. The lowest BCUT2D eigenvalue weighted by Crippen LogP contribution is -2.41. The molecular weight excluding hydrogens is 228 g/mol. The van der Waals surface area contributed by atoms with Crippen molar-refractivity contribution < 1.29 is 9.90 Å². The average Bonchev–Trinajstić information content (AvgIpc) is 2.34. The van der Waals surface area contributed by atoms with Crippen molar-refractivity contribution in [2.75, 3.05) is 13.1 Å². The minimum absolute atomic E-state index is 0.168. The van der Waals surface area contributed by atoms with Crippen LogP contribution in [0.4, 0.5) is 0 Å². The Balaban J connectivity index is 1.95. The molecule has 3 N–H and O–H groups in total. The molecule has 1 aromatic carbocycles. The molecule has 0 radical (unpaired) electrons. The molecule has 4 nitrogen and oxygen atoms in total. The first kappa shape index (κ1) is 13.1. The molecule has 0 aliphatic carbocycles. The summed E-state index contributed by atoms with van der Waals surface area (Å²) in [5.41, 5.74) is 6.92. The molecule has 2 rings (SSSR count). The minimum atomic E-state index is -0.392. The van der Waals surface area contributed by atoms with Crippen LogP contribution in [0, 0.1) is 5.92 Å². The number of primary amides is 1. The zero-order valence-electron chi connectivity index (χ0n) is 10.7. The summed E-state index contributed by atoms with van der Waals surface area (Å²) in [6.45, 7) is 4.77. The van der Waals surface area contributed by atoms with Gasteiger partial charge in [-0.3, -0.25) is 9.69 Å². The normalized spacial score (nSPS) is 25.0. The predicted molar refractivity (Wildman–Crippen MR) is 70.0 cm³/mol. The molecule has 1 fully saturated rings. The highest BCUT2D eigenvalue weighted by Gasteiger charge is 2.23. The highest BCUT2D eigenvalue weighted by atomic mass is 16.3. The lowest BCUT2D eigenvalue weighted by atomic mass is 9.96. The van der Waals surface area contributed by atoms with Crippen molar-refractivity contribution in [3.05, 3.63) is 35.4 Å². The fourth-order valence-electron chi connectivity index (χ4n) is 2.40. The van der Waals surface area contributed by atoms with E-state index < -0.39 is 5.91 Å². The van der Waals surface area contributed by atoms with E-state index in [0.717, 1.165) is 26.1 Å². The number of carbonyl (C=O) groups is 1. The van der Waals surface area contributed by atoms with Gasteiger partial charge in [-0.1, -0.05) is 19.1 Å². The number of likely N-dealkylation sites (tertiary alicyclic amines) is 1. The molecule has 18 heavy (non-hydrogen) atoms. The Kier molecular flexibility index (Phi) is 3.99. The summed E-state index contributed by atoms with van der Waals surface area (Å²) in [4.78, 5) is 13.3. The van der Waals surface area contributed by atoms with Crippen LogP contribution in [-0.2, 0) is 6.54 Å². The second-order valence-corrected chi connectivity index (χ2v) is 5.13. The summed E-state index contributed by atoms with van der Waals surface area (Å²) in [5, 5.41) is 9.68. The summed E-state index contributed by atoms with van der Waals surface area (Å²) >= 11 is 0. The third kappa shape index (κ3) is 3.09. The molecule has 1 heterocycles. The van der Waals surface area contributed by atoms with E-state index in [2.05, 4.69) is 11.8 Å². The van der Waals surface area contributed by atoms with E-state index in [1.54, 1.807) is 12.1 Å². The fraction of sp³-hybridized carbons (Fsp3) is 0.500. The number of aliphatic hydroxyl groups excluding tert-OH is 1. The van der Waals surface area contributed by atoms with Gasteiger partial charge >= 0.3 is 0 Å². The van der Waals surface area contributed by atoms with E-state index in [-0.39, 0.29) is 6.10 Å². The predicted octanol–water partition coefficient (Wildman–Crippen LogP) is 0.988. The summed E-state index contributed by atoms with van der Waals surface area (Å²) in [7, 11) is 0. The molecule has 1 saturated heterocycles. The van der Waals surface area contributed by atoms with Crippen LogP contribution in [0.1, 0.15) is 29.3 Å². The van der Waals surface area contributed by atoms with Gasteiger partial charge in [0.2, 0.25) is 5.91 Å². The number of piperidine rings is 1. The zero-order chi connectivity index (χ0) is 13.1. The highest BCUT2D eigenvalue weighted by Crippen LogP contribution is 2.18. The topological polar surface area (TPSA) is 66.6 Å². The molecule has 0 bridgehead atoms. The molecule has 4 heteroatoms. The van der Waals surface area contributed by atoms with Crippen LogP contribution in [0.5, 0.6) is 0 Å². The number of amides is 1. The van der Waals surface area contributed by atoms with Crippen LogP contribution in [0.2, 0.25) is 0 Å². The number of nitrogens with two attached hydrogens (primary N) is 1. The van der Waals surface area contributed by atoms with E-state index >= 15 is 0 Å². The minimum Gasteiger partial charge on any atom is -0.393 e.